The van der Waals surface area contributed by atoms with Gasteiger partial charge in [0, 0.05) is 69.6 Å². The van der Waals surface area contributed by atoms with Crippen LogP contribution in [0.2, 0.25) is 0 Å². The number of rotatable bonds is 6. The highest BCUT2D eigenvalue weighted by molar-refractivity contribution is 5.96. The van der Waals surface area contributed by atoms with E-state index in [9.17, 15) is 19.7 Å². The van der Waals surface area contributed by atoms with E-state index in [2.05, 4.69) is 10.2 Å². The van der Waals surface area contributed by atoms with Crippen LogP contribution in [0.25, 0.3) is 0 Å². The molecule has 1 N–H and O–H groups in total. The Bertz CT molecular complexity index is 1070. The number of nitro groups is 1. The van der Waals surface area contributed by atoms with Crippen LogP contribution in [0, 0.1) is 10.1 Å². The van der Waals surface area contributed by atoms with Crippen molar-refractivity contribution in [1.29, 1.82) is 0 Å². The van der Waals surface area contributed by atoms with Crippen molar-refractivity contribution in [2.75, 3.05) is 56.2 Å². The summed E-state index contributed by atoms with van der Waals surface area (Å²) in [5, 5.41) is 14.8. The van der Waals surface area contributed by atoms with Gasteiger partial charge in [0.2, 0.25) is 5.91 Å². The normalized spacial score (nSPS) is 16.7. The Hall–Kier alpha value is -3.82. The Morgan fingerprint density at radius 2 is 1.63 bits per heavy atom. The van der Waals surface area contributed by atoms with E-state index >= 15 is 0 Å². The Morgan fingerprint density at radius 1 is 0.971 bits per heavy atom. The van der Waals surface area contributed by atoms with Crippen molar-refractivity contribution in [3.8, 4) is 5.75 Å². The number of amides is 2. The number of carbonyl (C=O) groups excluding carboxylic acids is 2. The van der Waals surface area contributed by atoms with E-state index in [-0.39, 0.29) is 29.1 Å². The SMILES string of the molecule is COc1ccc(N2CCC(NC(=O)c3ccc(N4CCN(C(C)=O)CC4)c([N+](=O)[O-])c3)CC2)cc1. The molecule has 0 radical (unpaired) electrons. The number of piperazine rings is 1. The molecule has 2 heterocycles. The monoisotopic (exact) mass is 481 g/mol. The summed E-state index contributed by atoms with van der Waals surface area (Å²) in [5.41, 5.74) is 1.78. The van der Waals surface area contributed by atoms with Crippen molar-refractivity contribution in [3.63, 3.8) is 0 Å². The van der Waals surface area contributed by atoms with Crippen LogP contribution in [0.3, 0.4) is 0 Å². The highest BCUT2D eigenvalue weighted by Gasteiger charge is 2.27. The van der Waals surface area contributed by atoms with E-state index in [1.807, 2.05) is 29.2 Å². The molecule has 2 aromatic rings. The van der Waals surface area contributed by atoms with E-state index in [0.29, 0.717) is 31.9 Å². The van der Waals surface area contributed by atoms with Gasteiger partial charge in [0.15, 0.2) is 0 Å². The fourth-order valence-corrected chi connectivity index (χ4v) is 4.68. The average molecular weight is 482 g/mol. The van der Waals surface area contributed by atoms with Gasteiger partial charge in [0.05, 0.1) is 12.0 Å². The van der Waals surface area contributed by atoms with Crippen molar-refractivity contribution >= 4 is 28.9 Å². The van der Waals surface area contributed by atoms with Crippen LogP contribution >= 0.6 is 0 Å². The predicted octanol–water partition coefficient (Wildman–Crippen LogP) is 2.67. The second kappa shape index (κ2) is 10.6. The summed E-state index contributed by atoms with van der Waals surface area (Å²) in [6.45, 7) is 5.20. The molecule has 4 rings (SSSR count). The lowest BCUT2D eigenvalue weighted by molar-refractivity contribution is -0.384. The standard InChI is InChI=1S/C25H31N5O5/c1-18(31)27-13-15-29(16-14-27)23-8-3-19(17-24(23)30(33)34)25(32)26-20-9-11-28(12-10-20)21-4-6-22(35-2)7-5-21/h3-8,17,20H,9-16H2,1-2H3,(H,26,32). The van der Waals surface area contributed by atoms with Crippen LogP contribution in [0.4, 0.5) is 17.1 Å². The maximum Gasteiger partial charge on any atom is 0.293 e. The van der Waals surface area contributed by atoms with Gasteiger partial charge in [-0.15, -0.1) is 0 Å². The zero-order valence-corrected chi connectivity index (χ0v) is 20.1. The third-order valence-corrected chi connectivity index (χ3v) is 6.77. The predicted molar refractivity (Wildman–Crippen MR) is 133 cm³/mol. The Morgan fingerprint density at radius 3 is 2.20 bits per heavy atom. The van der Waals surface area contributed by atoms with Crippen LogP contribution in [-0.2, 0) is 4.79 Å². The third kappa shape index (κ3) is 5.64. The lowest BCUT2D eigenvalue weighted by Crippen LogP contribution is -2.48. The number of methoxy groups -OCH3 is 1. The first-order chi connectivity index (χ1) is 16.9. The number of piperidine rings is 1. The number of hydrogen-bond donors (Lipinski definition) is 1. The van der Waals surface area contributed by atoms with Crippen LogP contribution in [-0.4, -0.2) is 74.1 Å². The molecule has 2 aliphatic rings. The molecule has 0 unspecified atom stereocenters. The summed E-state index contributed by atoms with van der Waals surface area (Å²) in [6.07, 6.45) is 1.58. The average Bonchev–Trinajstić information content (AvgIpc) is 2.89. The molecular formula is C25H31N5O5. The molecule has 0 atom stereocenters. The number of hydrogen-bond acceptors (Lipinski definition) is 7. The van der Waals surface area contributed by atoms with Crippen molar-refractivity contribution in [3.05, 3.63) is 58.1 Å². The molecule has 2 aliphatic heterocycles. The first kappa shape index (κ1) is 24.3. The molecule has 2 amide bonds. The summed E-state index contributed by atoms with van der Waals surface area (Å²) in [7, 11) is 1.64. The molecule has 0 bridgehead atoms. The Labute approximate surface area is 204 Å². The summed E-state index contributed by atoms with van der Waals surface area (Å²) in [4.78, 5) is 41.7. The lowest BCUT2D eigenvalue weighted by atomic mass is 10.0. The Balaban J connectivity index is 1.36. The van der Waals surface area contributed by atoms with Crippen molar-refractivity contribution in [1.82, 2.24) is 10.2 Å². The summed E-state index contributed by atoms with van der Waals surface area (Å²) >= 11 is 0. The molecule has 186 valence electrons. The molecule has 0 aliphatic carbocycles. The van der Waals surface area contributed by atoms with E-state index in [0.717, 1.165) is 37.4 Å². The molecular weight excluding hydrogens is 450 g/mol. The van der Waals surface area contributed by atoms with Crippen molar-refractivity contribution in [2.24, 2.45) is 0 Å². The van der Waals surface area contributed by atoms with Crippen molar-refractivity contribution in [2.45, 2.75) is 25.8 Å². The molecule has 2 aromatic carbocycles. The van der Waals surface area contributed by atoms with Gasteiger partial charge >= 0.3 is 0 Å². The maximum absolute atomic E-state index is 12.9. The number of anilines is 2. The van der Waals surface area contributed by atoms with Gasteiger partial charge in [-0.2, -0.15) is 0 Å². The number of carbonyl (C=O) groups is 2. The zero-order valence-electron chi connectivity index (χ0n) is 20.1. The maximum atomic E-state index is 12.9. The first-order valence-corrected chi connectivity index (χ1v) is 11.8. The van der Waals surface area contributed by atoms with Gasteiger partial charge in [0.1, 0.15) is 11.4 Å². The largest absolute Gasteiger partial charge is 0.497 e. The van der Waals surface area contributed by atoms with Crippen LogP contribution in [0.15, 0.2) is 42.5 Å². The lowest BCUT2D eigenvalue weighted by Gasteiger charge is -2.35. The summed E-state index contributed by atoms with van der Waals surface area (Å²) < 4.78 is 5.21. The van der Waals surface area contributed by atoms with Gasteiger partial charge in [0.25, 0.3) is 11.6 Å². The number of benzene rings is 2. The van der Waals surface area contributed by atoms with Gasteiger partial charge in [-0.3, -0.25) is 19.7 Å². The van der Waals surface area contributed by atoms with E-state index in [4.69, 9.17) is 4.74 Å². The molecule has 10 heteroatoms. The second-order valence-corrected chi connectivity index (χ2v) is 8.89. The topological polar surface area (TPSA) is 108 Å². The van der Waals surface area contributed by atoms with E-state index in [1.165, 1.54) is 13.0 Å². The smallest absolute Gasteiger partial charge is 0.293 e. The molecule has 2 saturated heterocycles. The minimum absolute atomic E-state index is 0.000927. The van der Waals surface area contributed by atoms with Crippen LogP contribution in [0.1, 0.15) is 30.1 Å². The number of nitro benzene ring substituents is 1. The highest BCUT2D eigenvalue weighted by atomic mass is 16.6. The van der Waals surface area contributed by atoms with Gasteiger partial charge < -0.3 is 24.8 Å². The van der Waals surface area contributed by atoms with E-state index < -0.39 is 4.92 Å². The minimum Gasteiger partial charge on any atom is -0.497 e. The second-order valence-electron chi connectivity index (χ2n) is 8.89. The molecule has 35 heavy (non-hydrogen) atoms. The zero-order chi connectivity index (χ0) is 24.9. The number of nitrogens with one attached hydrogen (secondary N) is 1. The first-order valence-electron chi connectivity index (χ1n) is 11.8. The summed E-state index contributed by atoms with van der Waals surface area (Å²) in [6, 6.07) is 12.6. The van der Waals surface area contributed by atoms with Gasteiger partial charge in [-0.05, 0) is 49.2 Å². The fraction of sp³-hybridized carbons (Fsp3) is 0.440. The quantitative estimate of drug-likeness (QED) is 0.499. The fourth-order valence-electron chi connectivity index (χ4n) is 4.68. The molecule has 10 nitrogen and oxygen atoms in total. The van der Waals surface area contributed by atoms with Gasteiger partial charge in [-0.1, -0.05) is 0 Å². The minimum atomic E-state index is -0.448. The van der Waals surface area contributed by atoms with Gasteiger partial charge in [-0.25, -0.2) is 0 Å². The molecule has 0 saturated carbocycles. The van der Waals surface area contributed by atoms with Crippen LogP contribution < -0.4 is 19.9 Å². The van der Waals surface area contributed by atoms with Crippen molar-refractivity contribution < 1.29 is 19.2 Å². The number of nitrogens with zero attached hydrogens (tertiary/aromatic N) is 4. The molecule has 0 aromatic heterocycles. The highest BCUT2D eigenvalue weighted by Crippen LogP contribution is 2.30. The molecule has 2 fully saturated rings. The van der Waals surface area contributed by atoms with Crippen LogP contribution in [0.5, 0.6) is 5.75 Å². The summed E-state index contributed by atoms with van der Waals surface area (Å²) in [5.74, 6) is 0.513. The Kier molecular flexibility index (Phi) is 7.38. The molecule has 0 spiro atoms. The third-order valence-electron chi connectivity index (χ3n) is 6.77. The number of ether oxygens (including phenoxy) is 1. The van der Waals surface area contributed by atoms with E-state index in [1.54, 1.807) is 24.1 Å².